The Morgan fingerprint density at radius 1 is 1.30 bits per heavy atom. The minimum Gasteiger partial charge on any atom is -0.462 e. The molecule has 3 heterocycles. The summed E-state index contributed by atoms with van der Waals surface area (Å²) in [5, 5.41) is 13.4. The van der Waals surface area contributed by atoms with Crippen LogP contribution in [0.2, 0.25) is 0 Å². The number of furan rings is 1. The number of thioether (sulfide) groups is 1. The van der Waals surface area contributed by atoms with Crippen molar-refractivity contribution in [3.8, 4) is 10.7 Å². The summed E-state index contributed by atoms with van der Waals surface area (Å²) in [6.07, 6.45) is 0. The van der Waals surface area contributed by atoms with Gasteiger partial charge in [0.05, 0.1) is 22.8 Å². The standard InChI is InChI=1S/C19H20N4O5S2/c1-5-27-18(26)15-14(10(2)24)11(3)28-17(15)20-13(25)9-30-19-22-21-16(23(19)4)12-7-6-8-29-12/h6-8H,5,9H2,1-4H3,(H,20,25). The fraction of sp³-hybridized carbons (Fsp3) is 0.316. The van der Waals surface area contributed by atoms with Crippen LogP contribution in [0.1, 0.15) is 40.3 Å². The molecule has 0 radical (unpaired) electrons. The number of ketones is 1. The smallest absolute Gasteiger partial charge is 0.344 e. The first-order chi connectivity index (χ1) is 14.3. The van der Waals surface area contributed by atoms with Gasteiger partial charge < -0.3 is 13.7 Å². The molecule has 3 rings (SSSR count). The number of hydrogen-bond donors (Lipinski definition) is 1. The van der Waals surface area contributed by atoms with Crippen molar-refractivity contribution in [3.63, 3.8) is 0 Å². The molecule has 3 aromatic heterocycles. The summed E-state index contributed by atoms with van der Waals surface area (Å²) >= 11 is 2.74. The Labute approximate surface area is 180 Å². The molecule has 0 unspecified atom stereocenters. The zero-order valence-corrected chi connectivity index (χ0v) is 18.5. The van der Waals surface area contributed by atoms with E-state index in [9.17, 15) is 14.4 Å². The molecule has 0 atom stereocenters. The summed E-state index contributed by atoms with van der Waals surface area (Å²) in [5.41, 5.74) is 0.0316. The number of thiophene rings is 1. The molecule has 0 spiro atoms. The van der Waals surface area contributed by atoms with E-state index in [1.54, 1.807) is 29.8 Å². The Bertz CT molecular complexity index is 1090. The topological polar surface area (TPSA) is 116 Å². The second-order valence-electron chi connectivity index (χ2n) is 6.19. The maximum Gasteiger partial charge on any atom is 0.344 e. The number of rotatable bonds is 8. The quantitative estimate of drug-likeness (QED) is 0.316. The summed E-state index contributed by atoms with van der Waals surface area (Å²) in [5.74, 6) is -0.638. The summed E-state index contributed by atoms with van der Waals surface area (Å²) in [4.78, 5) is 37.7. The van der Waals surface area contributed by atoms with Gasteiger partial charge in [0.2, 0.25) is 11.8 Å². The van der Waals surface area contributed by atoms with Crippen LogP contribution in [0.3, 0.4) is 0 Å². The highest BCUT2D eigenvalue weighted by atomic mass is 32.2. The Kier molecular flexibility index (Phi) is 6.73. The fourth-order valence-electron chi connectivity index (χ4n) is 2.81. The van der Waals surface area contributed by atoms with Gasteiger partial charge in [-0.05, 0) is 32.2 Å². The first kappa shape index (κ1) is 21.8. The van der Waals surface area contributed by atoms with Gasteiger partial charge in [0.15, 0.2) is 16.8 Å². The van der Waals surface area contributed by atoms with E-state index in [1.165, 1.54) is 18.7 Å². The van der Waals surface area contributed by atoms with Crippen LogP contribution in [0.4, 0.5) is 5.88 Å². The minimum absolute atomic E-state index is 0.00777. The van der Waals surface area contributed by atoms with Gasteiger partial charge in [-0.25, -0.2) is 4.79 Å². The molecule has 30 heavy (non-hydrogen) atoms. The summed E-state index contributed by atoms with van der Waals surface area (Å²) in [6.45, 7) is 4.65. The maximum absolute atomic E-state index is 12.5. The van der Waals surface area contributed by atoms with Gasteiger partial charge in [0.1, 0.15) is 11.3 Å². The molecule has 0 aromatic carbocycles. The first-order valence-corrected chi connectivity index (χ1v) is 10.9. The predicted molar refractivity (Wildman–Crippen MR) is 113 cm³/mol. The van der Waals surface area contributed by atoms with E-state index in [2.05, 4.69) is 15.5 Å². The lowest BCUT2D eigenvalue weighted by atomic mass is 10.1. The molecule has 3 aromatic rings. The van der Waals surface area contributed by atoms with Crippen LogP contribution in [0.25, 0.3) is 10.7 Å². The molecular formula is C19H20N4O5S2. The third-order valence-electron chi connectivity index (χ3n) is 4.08. The molecule has 158 valence electrons. The Morgan fingerprint density at radius 2 is 2.07 bits per heavy atom. The highest BCUT2D eigenvalue weighted by Crippen LogP contribution is 2.29. The van der Waals surface area contributed by atoms with E-state index in [0.717, 1.165) is 4.88 Å². The van der Waals surface area contributed by atoms with Crippen LogP contribution in [0, 0.1) is 6.92 Å². The molecule has 11 heteroatoms. The summed E-state index contributed by atoms with van der Waals surface area (Å²) < 4.78 is 12.3. The minimum atomic E-state index is -0.726. The zero-order valence-electron chi connectivity index (χ0n) is 16.8. The van der Waals surface area contributed by atoms with Gasteiger partial charge in [-0.1, -0.05) is 17.8 Å². The molecule has 9 nitrogen and oxygen atoms in total. The van der Waals surface area contributed by atoms with Crippen LogP contribution in [0.5, 0.6) is 0 Å². The normalized spacial score (nSPS) is 10.8. The molecule has 0 fully saturated rings. The van der Waals surface area contributed by atoms with Gasteiger partial charge in [-0.2, -0.15) is 0 Å². The van der Waals surface area contributed by atoms with Gasteiger partial charge >= 0.3 is 5.97 Å². The Hall–Kier alpha value is -2.92. The Balaban J connectivity index is 1.73. The van der Waals surface area contributed by atoms with E-state index in [-0.39, 0.29) is 40.9 Å². The maximum atomic E-state index is 12.5. The monoisotopic (exact) mass is 448 g/mol. The SMILES string of the molecule is CCOC(=O)c1c(NC(=O)CSc2nnc(-c3cccs3)n2C)oc(C)c1C(C)=O. The number of aryl methyl sites for hydroxylation is 1. The number of hydrogen-bond acceptors (Lipinski definition) is 9. The first-order valence-electron chi connectivity index (χ1n) is 9.00. The van der Waals surface area contributed by atoms with Crippen molar-refractivity contribution < 1.29 is 23.5 Å². The molecular weight excluding hydrogens is 428 g/mol. The number of Topliss-reactive ketones (excluding diaryl/α,β-unsaturated/α-hetero) is 1. The fourth-order valence-corrected chi connectivity index (χ4v) is 4.26. The largest absolute Gasteiger partial charge is 0.462 e. The second-order valence-corrected chi connectivity index (χ2v) is 8.08. The summed E-state index contributed by atoms with van der Waals surface area (Å²) in [7, 11) is 1.82. The lowest BCUT2D eigenvalue weighted by Gasteiger charge is -2.06. The predicted octanol–water partition coefficient (Wildman–Crippen LogP) is 3.56. The Morgan fingerprint density at radius 3 is 2.70 bits per heavy atom. The number of carbonyl (C=O) groups excluding carboxylic acids is 3. The van der Waals surface area contributed by atoms with E-state index in [0.29, 0.717) is 11.0 Å². The van der Waals surface area contributed by atoms with Gasteiger partial charge in [-0.15, -0.1) is 21.5 Å². The zero-order chi connectivity index (χ0) is 21.8. The number of esters is 1. The number of amides is 1. The average molecular weight is 449 g/mol. The van der Waals surface area contributed by atoms with Gasteiger partial charge in [0, 0.05) is 7.05 Å². The van der Waals surface area contributed by atoms with Crippen LogP contribution in [0.15, 0.2) is 27.1 Å². The number of aromatic nitrogens is 3. The number of ether oxygens (including phenoxy) is 1. The molecule has 0 aliphatic rings. The molecule has 1 amide bonds. The summed E-state index contributed by atoms with van der Waals surface area (Å²) in [6, 6.07) is 3.87. The molecule has 0 aliphatic carbocycles. The van der Waals surface area contributed by atoms with Crippen LogP contribution in [-0.2, 0) is 16.6 Å². The van der Waals surface area contributed by atoms with Gasteiger partial charge in [0.25, 0.3) is 0 Å². The third-order valence-corrected chi connectivity index (χ3v) is 5.96. The van der Waals surface area contributed by atoms with Crippen molar-refractivity contribution in [2.24, 2.45) is 7.05 Å². The van der Waals surface area contributed by atoms with E-state index < -0.39 is 11.9 Å². The number of anilines is 1. The van der Waals surface area contributed by atoms with E-state index >= 15 is 0 Å². The lowest BCUT2D eigenvalue weighted by Crippen LogP contribution is -2.18. The van der Waals surface area contributed by atoms with Crippen molar-refractivity contribution in [3.05, 3.63) is 34.4 Å². The van der Waals surface area contributed by atoms with Crippen molar-refractivity contribution in [1.82, 2.24) is 14.8 Å². The molecule has 0 aliphatic heterocycles. The average Bonchev–Trinajstić information content (AvgIpc) is 3.39. The highest BCUT2D eigenvalue weighted by molar-refractivity contribution is 7.99. The van der Waals surface area contributed by atoms with Gasteiger partial charge in [-0.3, -0.25) is 14.9 Å². The van der Waals surface area contributed by atoms with E-state index in [1.807, 2.05) is 24.6 Å². The lowest BCUT2D eigenvalue weighted by molar-refractivity contribution is -0.113. The van der Waals surface area contributed by atoms with Crippen LogP contribution >= 0.6 is 23.1 Å². The van der Waals surface area contributed by atoms with Crippen molar-refractivity contribution in [2.45, 2.75) is 25.9 Å². The van der Waals surface area contributed by atoms with Crippen molar-refractivity contribution in [1.29, 1.82) is 0 Å². The third kappa shape index (κ3) is 4.46. The number of carbonyl (C=O) groups is 3. The molecule has 0 saturated carbocycles. The van der Waals surface area contributed by atoms with Crippen molar-refractivity contribution >= 4 is 46.6 Å². The highest BCUT2D eigenvalue weighted by Gasteiger charge is 2.28. The molecule has 0 bridgehead atoms. The number of nitrogens with zero attached hydrogens (tertiary/aromatic N) is 3. The van der Waals surface area contributed by atoms with E-state index in [4.69, 9.17) is 9.15 Å². The van der Waals surface area contributed by atoms with Crippen LogP contribution in [-0.4, -0.2) is 44.8 Å². The number of nitrogens with one attached hydrogen (secondary N) is 1. The van der Waals surface area contributed by atoms with Crippen molar-refractivity contribution in [2.75, 3.05) is 17.7 Å². The van der Waals surface area contributed by atoms with Crippen LogP contribution < -0.4 is 5.32 Å². The second kappa shape index (κ2) is 9.26. The molecule has 0 saturated heterocycles. The molecule has 1 N–H and O–H groups in total.